The van der Waals surface area contributed by atoms with Crippen molar-refractivity contribution in [3.63, 3.8) is 0 Å². The van der Waals surface area contributed by atoms with Crippen LogP contribution in [-0.2, 0) is 17.4 Å². The number of benzene rings is 2. The van der Waals surface area contributed by atoms with E-state index in [9.17, 15) is 18.0 Å². The fourth-order valence-electron chi connectivity index (χ4n) is 2.20. The molecule has 0 spiro atoms. The lowest BCUT2D eigenvalue weighted by Crippen LogP contribution is -2.15. The number of anilines is 1. The summed E-state index contributed by atoms with van der Waals surface area (Å²) in [5.41, 5.74) is 0.249. The van der Waals surface area contributed by atoms with E-state index in [2.05, 4.69) is 10.5 Å². The average Bonchev–Trinajstić information content (AvgIpc) is 2.90. The van der Waals surface area contributed by atoms with Gasteiger partial charge in [0.1, 0.15) is 5.69 Å². The molecule has 1 heterocycles. The first-order valence-electron chi connectivity index (χ1n) is 6.74. The molecular weight excluding hydrogens is 309 g/mol. The molecule has 3 aromatic rings. The molecule has 23 heavy (non-hydrogen) atoms. The fraction of sp³-hybridized carbons (Fsp3) is 0.125. The molecule has 1 aromatic heterocycles. The summed E-state index contributed by atoms with van der Waals surface area (Å²) in [5, 5.41) is 6.96. The minimum Gasteiger partial charge on any atom is -0.356 e. The molecule has 3 rings (SSSR count). The van der Waals surface area contributed by atoms with Gasteiger partial charge in [0.15, 0.2) is 5.58 Å². The molecule has 0 atom stereocenters. The first-order valence-corrected chi connectivity index (χ1v) is 6.74. The van der Waals surface area contributed by atoms with Gasteiger partial charge in [-0.05, 0) is 30.3 Å². The van der Waals surface area contributed by atoms with Crippen LogP contribution < -0.4 is 5.32 Å². The quantitative estimate of drug-likeness (QED) is 0.793. The zero-order valence-corrected chi connectivity index (χ0v) is 11.7. The number of carbonyl (C=O) groups is 1. The molecule has 0 aliphatic heterocycles. The van der Waals surface area contributed by atoms with Crippen LogP contribution >= 0.6 is 0 Å². The van der Waals surface area contributed by atoms with E-state index in [0.717, 1.165) is 12.1 Å². The zero-order chi connectivity index (χ0) is 16.4. The van der Waals surface area contributed by atoms with Gasteiger partial charge < -0.3 is 9.84 Å². The normalized spacial score (nSPS) is 11.6. The van der Waals surface area contributed by atoms with Crippen molar-refractivity contribution in [1.82, 2.24) is 5.16 Å². The second kappa shape index (κ2) is 5.75. The van der Waals surface area contributed by atoms with E-state index >= 15 is 0 Å². The lowest BCUT2D eigenvalue weighted by atomic mass is 10.1. The second-order valence-corrected chi connectivity index (χ2v) is 4.93. The first-order chi connectivity index (χ1) is 10.9. The summed E-state index contributed by atoms with van der Waals surface area (Å²) in [7, 11) is 0. The highest BCUT2D eigenvalue weighted by atomic mass is 19.4. The van der Waals surface area contributed by atoms with E-state index in [4.69, 9.17) is 4.52 Å². The number of amides is 1. The van der Waals surface area contributed by atoms with E-state index < -0.39 is 17.6 Å². The van der Waals surface area contributed by atoms with Crippen molar-refractivity contribution >= 4 is 22.6 Å². The number of fused-ring (bicyclic) bond motifs is 1. The van der Waals surface area contributed by atoms with Crippen molar-refractivity contribution in [3.8, 4) is 0 Å². The molecule has 1 amide bonds. The lowest BCUT2D eigenvalue weighted by Gasteiger charge is -2.09. The molecule has 7 heteroatoms. The summed E-state index contributed by atoms with van der Waals surface area (Å²) in [6.45, 7) is 0. The Bertz CT molecular complexity index is 856. The second-order valence-electron chi connectivity index (χ2n) is 4.93. The number of rotatable bonds is 3. The predicted molar refractivity (Wildman–Crippen MR) is 77.8 cm³/mol. The number of nitrogens with one attached hydrogen (secondary N) is 1. The summed E-state index contributed by atoms with van der Waals surface area (Å²) in [5.74, 6) is -0.469. The number of halogens is 3. The standard InChI is InChI=1S/C16H11F3N2O2/c17-16(18,19)10-4-3-5-11(8-10)20-15(22)9-13-12-6-1-2-7-14(12)23-21-13/h1-8H,9H2,(H,20,22). The summed E-state index contributed by atoms with van der Waals surface area (Å²) in [4.78, 5) is 12.0. The van der Waals surface area contributed by atoms with Crippen LogP contribution in [0.1, 0.15) is 11.3 Å². The Morgan fingerprint density at radius 1 is 1.13 bits per heavy atom. The highest BCUT2D eigenvalue weighted by molar-refractivity contribution is 5.94. The van der Waals surface area contributed by atoms with Gasteiger partial charge in [-0.3, -0.25) is 4.79 Å². The van der Waals surface area contributed by atoms with E-state index in [0.29, 0.717) is 16.7 Å². The lowest BCUT2D eigenvalue weighted by molar-refractivity contribution is -0.137. The van der Waals surface area contributed by atoms with Crippen molar-refractivity contribution < 1.29 is 22.5 Å². The van der Waals surface area contributed by atoms with Gasteiger partial charge >= 0.3 is 6.18 Å². The van der Waals surface area contributed by atoms with Gasteiger partial charge in [0, 0.05) is 11.1 Å². The monoisotopic (exact) mass is 320 g/mol. The summed E-state index contributed by atoms with van der Waals surface area (Å²) in [6, 6.07) is 11.5. The number of hydrogen-bond donors (Lipinski definition) is 1. The number of para-hydroxylation sites is 1. The Labute approximate surface area is 128 Å². The maximum absolute atomic E-state index is 12.6. The molecular formula is C16H11F3N2O2. The fourth-order valence-corrected chi connectivity index (χ4v) is 2.20. The van der Waals surface area contributed by atoms with Gasteiger partial charge in [0.25, 0.3) is 0 Å². The van der Waals surface area contributed by atoms with Gasteiger partial charge in [-0.15, -0.1) is 0 Å². The molecule has 0 radical (unpaired) electrons. The number of carbonyl (C=O) groups excluding carboxylic acids is 1. The van der Waals surface area contributed by atoms with E-state index in [1.54, 1.807) is 24.3 Å². The summed E-state index contributed by atoms with van der Waals surface area (Å²) >= 11 is 0. The van der Waals surface area contributed by atoms with Crippen molar-refractivity contribution in [3.05, 3.63) is 59.8 Å². The van der Waals surface area contributed by atoms with Crippen LogP contribution in [0.2, 0.25) is 0 Å². The highest BCUT2D eigenvalue weighted by Gasteiger charge is 2.30. The Kier molecular flexibility index (Phi) is 3.77. The third kappa shape index (κ3) is 3.33. The van der Waals surface area contributed by atoms with Crippen LogP contribution in [0.15, 0.2) is 53.1 Å². The van der Waals surface area contributed by atoms with Crippen molar-refractivity contribution in [2.24, 2.45) is 0 Å². The Morgan fingerprint density at radius 3 is 2.70 bits per heavy atom. The minimum absolute atomic E-state index is 0.0811. The van der Waals surface area contributed by atoms with E-state index in [1.807, 2.05) is 0 Å². The Hall–Kier alpha value is -2.83. The van der Waals surface area contributed by atoms with Gasteiger partial charge in [-0.25, -0.2) is 0 Å². The van der Waals surface area contributed by atoms with Crippen LogP contribution in [0.25, 0.3) is 11.0 Å². The third-order valence-corrected chi connectivity index (χ3v) is 3.25. The summed E-state index contributed by atoms with van der Waals surface area (Å²) in [6.07, 6.45) is -4.55. The third-order valence-electron chi connectivity index (χ3n) is 3.25. The van der Waals surface area contributed by atoms with Crippen molar-refractivity contribution in [1.29, 1.82) is 0 Å². The van der Waals surface area contributed by atoms with Crippen LogP contribution in [0.3, 0.4) is 0 Å². The number of nitrogens with zero attached hydrogens (tertiary/aromatic N) is 1. The average molecular weight is 320 g/mol. The molecule has 118 valence electrons. The van der Waals surface area contributed by atoms with Crippen LogP contribution in [-0.4, -0.2) is 11.1 Å². The first kappa shape index (κ1) is 15.1. The molecule has 0 aliphatic carbocycles. The summed E-state index contributed by atoms with van der Waals surface area (Å²) < 4.78 is 43.0. The zero-order valence-electron chi connectivity index (χ0n) is 11.7. The van der Waals surface area contributed by atoms with Gasteiger partial charge in [0.05, 0.1) is 12.0 Å². The minimum atomic E-state index is -4.46. The predicted octanol–water partition coefficient (Wildman–Crippen LogP) is 4.03. The smallest absolute Gasteiger partial charge is 0.356 e. The number of hydrogen-bond acceptors (Lipinski definition) is 3. The van der Waals surface area contributed by atoms with Crippen molar-refractivity contribution in [2.45, 2.75) is 12.6 Å². The highest BCUT2D eigenvalue weighted by Crippen LogP contribution is 2.30. The number of aromatic nitrogens is 1. The van der Waals surface area contributed by atoms with Crippen LogP contribution in [0.5, 0.6) is 0 Å². The van der Waals surface area contributed by atoms with E-state index in [1.165, 1.54) is 12.1 Å². The topological polar surface area (TPSA) is 55.1 Å². The largest absolute Gasteiger partial charge is 0.416 e. The maximum Gasteiger partial charge on any atom is 0.416 e. The molecule has 4 nitrogen and oxygen atoms in total. The van der Waals surface area contributed by atoms with Crippen LogP contribution in [0, 0.1) is 0 Å². The Morgan fingerprint density at radius 2 is 1.91 bits per heavy atom. The molecule has 0 fully saturated rings. The molecule has 0 saturated carbocycles. The van der Waals surface area contributed by atoms with Gasteiger partial charge in [0.2, 0.25) is 5.91 Å². The SMILES string of the molecule is O=C(Cc1noc2ccccc12)Nc1cccc(C(F)(F)F)c1. The van der Waals surface area contributed by atoms with Gasteiger partial charge in [-0.2, -0.15) is 13.2 Å². The molecule has 0 saturated heterocycles. The molecule has 1 N–H and O–H groups in total. The van der Waals surface area contributed by atoms with Crippen LogP contribution in [0.4, 0.5) is 18.9 Å². The molecule has 0 bridgehead atoms. The van der Waals surface area contributed by atoms with E-state index in [-0.39, 0.29) is 12.1 Å². The number of alkyl halides is 3. The molecule has 0 aliphatic rings. The molecule has 2 aromatic carbocycles. The maximum atomic E-state index is 12.6. The molecule has 0 unspecified atom stereocenters. The Balaban J connectivity index is 1.75. The van der Waals surface area contributed by atoms with Gasteiger partial charge in [-0.1, -0.05) is 23.4 Å². The van der Waals surface area contributed by atoms with Crippen molar-refractivity contribution in [2.75, 3.05) is 5.32 Å².